The molecule has 26 heavy (non-hydrogen) atoms. The van der Waals surface area contributed by atoms with E-state index >= 15 is 0 Å². The molecular weight excluding hydrogens is 441 g/mol. The van der Waals surface area contributed by atoms with Crippen LogP contribution in [0, 0.1) is 13.8 Å². The lowest BCUT2D eigenvalue weighted by molar-refractivity contribution is 0.102. The Morgan fingerprint density at radius 1 is 1.27 bits per heavy atom. The summed E-state index contributed by atoms with van der Waals surface area (Å²) in [4.78, 5) is 12.5. The van der Waals surface area contributed by atoms with Crippen LogP contribution in [0.1, 0.15) is 27.4 Å². The second-order valence-electron chi connectivity index (χ2n) is 5.89. The van der Waals surface area contributed by atoms with Crippen LogP contribution in [0.4, 0.5) is 5.69 Å². The van der Waals surface area contributed by atoms with E-state index in [-0.39, 0.29) is 5.91 Å². The van der Waals surface area contributed by atoms with Gasteiger partial charge in [-0.3, -0.25) is 14.2 Å². The molecule has 1 N–H and O–H groups in total. The van der Waals surface area contributed by atoms with Gasteiger partial charge in [-0.15, -0.1) is 0 Å². The quantitative estimate of drug-likeness (QED) is 0.623. The fraction of sp³-hybridized carbons (Fsp3) is 0.235. The Hall–Kier alpha value is -1.83. The Bertz CT molecular complexity index is 995. The highest BCUT2D eigenvalue weighted by Crippen LogP contribution is 2.26. The Balaban J connectivity index is 1.86. The number of aryl methyl sites for hydroxylation is 2. The molecular formula is C17H16BrCl2N5O. The molecule has 9 heteroatoms. The van der Waals surface area contributed by atoms with Gasteiger partial charge < -0.3 is 5.32 Å². The molecule has 0 aliphatic rings. The van der Waals surface area contributed by atoms with Gasteiger partial charge in [0.1, 0.15) is 0 Å². The van der Waals surface area contributed by atoms with Crippen molar-refractivity contribution in [3.8, 4) is 0 Å². The van der Waals surface area contributed by atoms with Gasteiger partial charge in [-0.2, -0.15) is 10.2 Å². The highest BCUT2D eigenvalue weighted by Gasteiger charge is 2.19. The fourth-order valence-corrected chi connectivity index (χ4v) is 3.65. The summed E-state index contributed by atoms with van der Waals surface area (Å²) >= 11 is 15.5. The van der Waals surface area contributed by atoms with Crippen molar-refractivity contribution in [3.05, 3.63) is 61.6 Å². The topological polar surface area (TPSA) is 64.7 Å². The second kappa shape index (κ2) is 7.42. The van der Waals surface area contributed by atoms with Crippen LogP contribution in [0.15, 0.2) is 28.9 Å². The highest BCUT2D eigenvalue weighted by atomic mass is 79.9. The number of anilines is 1. The molecule has 1 amide bonds. The molecule has 6 nitrogen and oxygen atoms in total. The number of amides is 1. The van der Waals surface area contributed by atoms with E-state index in [1.165, 1.54) is 0 Å². The van der Waals surface area contributed by atoms with E-state index in [4.69, 9.17) is 23.2 Å². The molecule has 0 aliphatic carbocycles. The first-order valence-corrected chi connectivity index (χ1v) is 9.29. The van der Waals surface area contributed by atoms with Crippen molar-refractivity contribution in [1.82, 2.24) is 19.6 Å². The maximum atomic E-state index is 12.5. The first kappa shape index (κ1) is 18.9. The van der Waals surface area contributed by atoms with Gasteiger partial charge in [-0.25, -0.2) is 0 Å². The third-order valence-corrected chi connectivity index (χ3v) is 5.12. The first-order valence-electron chi connectivity index (χ1n) is 7.74. The zero-order chi connectivity index (χ0) is 19.0. The number of nitrogens with zero attached hydrogens (tertiary/aromatic N) is 4. The molecule has 0 saturated carbocycles. The van der Waals surface area contributed by atoms with E-state index in [0.717, 1.165) is 11.3 Å². The van der Waals surface area contributed by atoms with Crippen LogP contribution in [0.3, 0.4) is 0 Å². The van der Waals surface area contributed by atoms with Crippen molar-refractivity contribution in [2.75, 3.05) is 5.32 Å². The fourth-order valence-electron chi connectivity index (χ4n) is 2.63. The minimum Gasteiger partial charge on any atom is -0.317 e. The van der Waals surface area contributed by atoms with Crippen molar-refractivity contribution in [2.24, 2.45) is 7.05 Å². The Kier molecular flexibility index (Phi) is 5.41. The van der Waals surface area contributed by atoms with Crippen molar-refractivity contribution in [2.45, 2.75) is 20.4 Å². The number of hydrogen-bond donors (Lipinski definition) is 1. The lowest BCUT2D eigenvalue weighted by Gasteiger charge is -2.08. The molecule has 0 aliphatic heterocycles. The smallest absolute Gasteiger partial charge is 0.277 e. The summed E-state index contributed by atoms with van der Waals surface area (Å²) in [5, 5.41) is 12.7. The number of nitrogens with one attached hydrogen (secondary N) is 1. The number of aromatic nitrogens is 4. The summed E-state index contributed by atoms with van der Waals surface area (Å²) in [6.07, 6.45) is 1.72. The molecule has 2 aromatic heterocycles. The van der Waals surface area contributed by atoms with Crippen LogP contribution in [-0.2, 0) is 13.6 Å². The summed E-state index contributed by atoms with van der Waals surface area (Å²) in [6.45, 7) is 4.22. The van der Waals surface area contributed by atoms with E-state index in [1.807, 2.05) is 19.9 Å². The zero-order valence-electron chi connectivity index (χ0n) is 14.3. The maximum Gasteiger partial charge on any atom is 0.277 e. The predicted molar refractivity (Wildman–Crippen MR) is 106 cm³/mol. The van der Waals surface area contributed by atoms with Crippen molar-refractivity contribution >= 4 is 50.7 Å². The molecule has 0 radical (unpaired) electrons. The predicted octanol–water partition coefficient (Wildman–Crippen LogP) is 4.60. The van der Waals surface area contributed by atoms with Crippen molar-refractivity contribution in [3.63, 3.8) is 0 Å². The van der Waals surface area contributed by atoms with Crippen LogP contribution in [0.5, 0.6) is 0 Å². The standard InChI is InChI=1S/C17H16BrCl2N5O/c1-9-15(21-17(26)16-13(18)8-24(3)23-16)10(2)25(22-9)7-11-4-5-12(19)6-14(11)20/h4-6,8H,7H2,1-3H3,(H,21,26). The average Bonchev–Trinajstić information content (AvgIpc) is 3.03. The number of halogens is 3. The molecule has 2 heterocycles. The van der Waals surface area contributed by atoms with E-state index < -0.39 is 0 Å². The third-order valence-electron chi connectivity index (χ3n) is 3.95. The number of rotatable bonds is 4. The van der Waals surface area contributed by atoms with Crippen molar-refractivity contribution < 1.29 is 4.79 Å². The van der Waals surface area contributed by atoms with E-state index in [0.29, 0.717) is 38.1 Å². The molecule has 0 spiro atoms. The van der Waals surface area contributed by atoms with Crippen LogP contribution in [0.2, 0.25) is 10.0 Å². The maximum absolute atomic E-state index is 12.5. The van der Waals surface area contributed by atoms with Crippen LogP contribution in [0.25, 0.3) is 0 Å². The van der Waals surface area contributed by atoms with Crippen molar-refractivity contribution in [1.29, 1.82) is 0 Å². The summed E-state index contributed by atoms with van der Waals surface area (Å²) in [5.74, 6) is -0.298. The molecule has 0 unspecified atom stereocenters. The lowest BCUT2D eigenvalue weighted by atomic mass is 10.2. The minimum atomic E-state index is -0.298. The molecule has 136 valence electrons. The largest absolute Gasteiger partial charge is 0.317 e. The summed E-state index contributed by atoms with van der Waals surface area (Å²) in [7, 11) is 1.76. The summed E-state index contributed by atoms with van der Waals surface area (Å²) in [5.41, 5.74) is 3.42. The number of hydrogen-bond acceptors (Lipinski definition) is 3. The lowest BCUT2D eigenvalue weighted by Crippen LogP contribution is -2.15. The molecule has 3 rings (SSSR count). The molecule has 0 fully saturated rings. The normalized spacial score (nSPS) is 11.0. The zero-order valence-corrected chi connectivity index (χ0v) is 17.4. The van der Waals surface area contributed by atoms with Gasteiger partial charge >= 0.3 is 0 Å². The van der Waals surface area contributed by atoms with Gasteiger partial charge in [0, 0.05) is 23.3 Å². The third kappa shape index (κ3) is 3.79. The molecule has 3 aromatic rings. The van der Waals surface area contributed by atoms with E-state index in [1.54, 1.807) is 34.7 Å². The highest BCUT2D eigenvalue weighted by molar-refractivity contribution is 9.10. The van der Waals surface area contributed by atoms with E-state index in [9.17, 15) is 4.79 Å². The SMILES string of the molecule is Cc1nn(Cc2ccc(Cl)cc2Cl)c(C)c1NC(=O)c1nn(C)cc1Br. The molecule has 0 atom stereocenters. The van der Waals surface area contributed by atoms with Crippen LogP contribution in [-0.4, -0.2) is 25.5 Å². The van der Waals surface area contributed by atoms with E-state index in [2.05, 4.69) is 31.4 Å². The van der Waals surface area contributed by atoms with Gasteiger partial charge in [0.25, 0.3) is 5.91 Å². The Labute approximate surface area is 169 Å². The summed E-state index contributed by atoms with van der Waals surface area (Å²) < 4.78 is 4.01. The Morgan fingerprint density at radius 2 is 2.00 bits per heavy atom. The second-order valence-corrected chi connectivity index (χ2v) is 7.59. The minimum absolute atomic E-state index is 0.298. The Morgan fingerprint density at radius 3 is 2.62 bits per heavy atom. The number of carbonyl (C=O) groups excluding carboxylic acids is 1. The van der Waals surface area contributed by atoms with Gasteiger partial charge in [-0.05, 0) is 47.5 Å². The van der Waals surface area contributed by atoms with Gasteiger partial charge in [0.2, 0.25) is 0 Å². The monoisotopic (exact) mass is 455 g/mol. The van der Waals surface area contributed by atoms with Crippen LogP contribution < -0.4 is 5.32 Å². The molecule has 0 saturated heterocycles. The van der Waals surface area contributed by atoms with Gasteiger partial charge in [0.05, 0.1) is 28.1 Å². The molecule has 1 aromatic carbocycles. The number of carbonyl (C=O) groups is 1. The van der Waals surface area contributed by atoms with Gasteiger partial charge in [-0.1, -0.05) is 29.3 Å². The first-order chi connectivity index (χ1) is 12.3. The van der Waals surface area contributed by atoms with Crippen LogP contribution >= 0.6 is 39.1 Å². The van der Waals surface area contributed by atoms with Gasteiger partial charge in [0.15, 0.2) is 5.69 Å². The average molecular weight is 457 g/mol. The number of benzene rings is 1. The molecule has 0 bridgehead atoms. The summed E-state index contributed by atoms with van der Waals surface area (Å²) in [6, 6.07) is 5.35.